The van der Waals surface area contributed by atoms with Gasteiger partial charge in [0, 0.05) is 0 Å². The van der Waals surface area contributed by atoms with Crippen LogP contribution in [-0.4, -0.2) is 10.8 Å². The Morgan fingerprint density at radius 2 is 1.35 bits per heavy atom. The first kappa shape index (κ1) is 17.4. The number of hydrogen-bond donors (Lipinski definition) is 0. The van der Waals surface area contributed by atoms with E-state index in [-0.39, 0.29) is 5.91 Å². The lowest BCUT2D eigenvalue weighted by atomic mass is 10.1. The van der Waals surface area contributed by atoms with Crippen molar-refractivity contribution in [3.8, 4) is 0 Å². The van der Waals surface area contributed by atoms with Crippen LogP contribution in [0.4, 0.5) is 0 Å². The molecule has 0 aromatic heterocycles. The summed E-state index contributed by atoms with van der Waals surface area (Å²) < 4.78 is 0. The highest BCUT2D eigenvalue weighted by Gasteiger charge is 2.18. The molecule has 0 radical (unpaired) electrons. The van der Waals surface area contributed by atoms with Crippen molar-refractivity contribution in [2.24, 2.45) is 0 Å². The zero-order valence-electron chi connectivity index (χ0n) is 14.6. The van der Waals surface area contributed by atoms with Crippen molar-refractivity contribution in [2.45, 2.75) is 6.54 Å². The summed E-state index contributed by atoms with van der Waals surface area (Å²) in [6.45, 7) is 4.17. The molecule has 3 aromatic carbocycles. The molecular weight excluding hydrogens is 318 g/mol. The van der Waals surface area contributed by atoms with E-state index in [0.717, 1.165) is 22.4 Å². The van der Waals surface area contributed by atoms with E-state index in [1.54, 1.807) is 4.90 Å². The number of nitrogens with zero attached hydrogens (tertiary/aromatic N) is 1. The Bertz CT molecular complexity index is 883. The monoisotopic (exact) mass is 339 g/mol. The lowest BCUT2D eigenvalue weighted by molar-refractivity contribution is -0.123. The van der Waals surface area contributed by atoms with Crippen molar-refractivity contribution in [3.05, 3.63) is 120 Å². The van der Waals surface area contributed by atoms with E-state index in [4.69, 9.17) is 0 Å². The molecule has 2 nitrogen and oxygen atoms in total. The minimum absolute atomic E-state index is 0.125. The van der Waals surface area contributed by atoms with Gasteiger partial charge in [-0.25, -0.2) is 0 Å². The molecule has 2 heteroatoms. The van der Waals surface area contributed by atoms with Crippen molar-refractivity contribution >= 4 is 17.7 Å². The van der Waals surface area contributed by atoms with Gasteiger partial charge in [0.2, 0.25) is 0 Å². The molecule has 0 saturated carbocycles. The van der Waals surface area contributed by atoms with Crippen LogP contribution < -0.4 is 0 Å². The molecule has 1 amide bonds. The summed E-state index contributed by atoms with van der Waals surface area (Å²) in [5, 5.41) is 0. The molecule has 0 spiro atoms. The maximum absolute atomic E-state index is 12.7. The van der Waals surface area contributed by atoms with Crippen LogP contribution >= 0.6 is 0 Å². The maximum atomic E-state index is 12.7. The van der Waals surface area contributed by atoms with E-state index in [1.807, 2.05) is 97.1 Å². The molecule has 3 rings (SSSR count). The fraction of sp³-hybridized carbons (Fsp3) is 0.0417. The summed E-state index contributed by atoms with van der Waals surface area (Å²) in [4.78, 5) is 14.5. The molecule has 0 aliphatic rings. The first-order valence-electron chi connectivity index (χ1n) is 8.58. The lowest BCUT2D eigenvalue weighted by Crippen LogP contribution is -2.27. The van der Waals surface area contributed by atoms with E-state index in [9.17, 15) is 4.79 Å². The van der Waals surface area contributed by atoms with Gasteiger partial charge in [-0.05, 0) is 28.8 Å². The van der Waals surface area contributed by atoms with Gasteiger partial charge in [-0.3, -0.25) is 4.79 Å². The Morgan fingerprint density at radius 1 is 0.808 bits per heavy atom. The summed E-state index contributed by atoms with van der Waals surface area (Å²) in [6, 6.07) is 30.0. The number of carbonyl (C=O) groups excluding carboxylic acids is 1. The third kappa shape index (κ3) is 4.37. The highest BCUT2D eigenvalue weighted by atomic mass is 16.2. The average molecular weight is 339 g/mol. The normalized spacial score (nSPS) is 11.0. The van der Waals surface area contributed by atoms with Gasteiger partial charge in [-0.1, -0.05) is 97.6 Å². The van der Waals surface area contributed by atoms with Gasteiger partial charge >= 0.3 is 0 Å². The molecule has 0 aliphatic heterocycles. The van der Waals surface area contributed by atoms with Gasteiger partial charge in [0.25, 0.3) is 5.91 Å². The largest absolute Gasteiger partial charge is 0.304 e. The zero-order valence-corrected chi connectivity index (χ0v) is 14.6. The fourth-order valence-electron chi connectivity index (χ4n) is 2.79. The number of carbonyl (C=O) groups is 1. The summed E-state index contributed by atoms with van der Waals surface area (Å²) in [6.07, 6.45) is 3.41. The Labute approximate surface area is 154 Å². The summed E-state index contributed by atoms with van der Waals surface area (Å²) >= 11 is 0. The van der Waals surface area contributed by atoms with E-state index in [2.05, 4.69) is 6.58 Å². The van der Waals surface area contributed by atoms with Crippen LogP contribution in [0.2, 0.25) is 0 Å². The molecule has 0 atom stereocenters. The molecule has 0 bridgehead atoms. The second-order valence-electron chi connectivity index (χ2n) is 5.92. The molecule has 0 unspecified atom stereocenters. The van der Waals surface area contributed by atoms with Gasteiger partial charge in [-0.15, -0.1) is 0 Å². The Morgan fingerprint density at radius 3 is 1.92 bits per heavy atom. The molecule has 128 valence electrons. The summed E-state index contributed by atoms with van der Waals surface area (Å²) in [7, 11) is 0. The third-order valence-corrected chi connectivity index (χ3v) is 4.09. The van der Waals surface area contributed by atoms with Gasteiger partial charge in [-0.2, -0.15) is 0 Å². The second-order valence-corrected chi connectivity index (χ2v) is 5.92. The van der Waals surface area contributed by atoms with Crippen LogP contribution in [0.1, 0.15) is 16.7 Å². The van der Waals surface area contributed by atoms with Gasteiger partial charge in [0.1, 0.15) is 0 Å². The SMILES string of the molecule is C=CC(=O)N(Cc1ccccc1)/C(=C\c1ccccc1)c1ccccc1. The molecule has 0 saturated heterocycles. The first-order chi connectivity index (χ1) is 12.8. The van der Waals surface area contributed by atoms with E-state index >= 15 is 0 Å². The third-order valence-electron chi connectivity index (χ3n) is 4.09. The maximum Gasteiger partial charge on any atom is 0.250 e. The quantitative estimate of drug-likeness (QED) is 0.435. The molecule has 0 heterocycles. The highest BCUT2D eigenvalue weighted by Crippen LogP contribution is 2.25. The highest BCUT2D eigenvalue weighted by molar-refractivity contribution is 5.97. The zero-order chi connectivity index (χ0) is 18.2. The van der Waals surface area contributed by atoms with E-state index in [1.165, 1.54) is 6.08 Å². The van der Waals surface area contributed by atoms with Crippen molar-refractivity contribution in [3.63, 3.8) is 0 Å². The van der Waals surface area contributed by atoms with Crippen LogP contribution in [0.5, 0.6) is 0 Å². The number of amides is 1. The number of benzene rings is 3. The van der Waals surface area contributed by atoms with Gasteiger partial charge in [0.15, 0.2) is 0 Å². The van der Waals surface area contributed by atoms with Gasteiger partial charge < -0.3 is 4.90 Å². The minimum Gasteiger partial charge on any atom is -0.304 e. The van der Waals surface area contributed by atoms with E-state index < -0.39 is 0 Å². The smallest absolute Gasteiger partial charge is 0.250 e. The number of hydrogen-bond acceptors (Lipinski definition) is 1. The average Bonchev–Trinajstić information content (AvgIpc) is 2.72. The molecule has 0 aliphatic carbocycles. The Hall–Kier alpha value is -3.39. The molecular formula is C24H21NO. The summed E-state index contributed by atoms with van der Waals surface area (Å²) in [5.74, 6) is -0.125. The minimum atomic E-state index is -0.125. The second kappa shape index (κ2) is 8.63. The molecule has 3 aromatic rings. The van der Waals surface area contributed by atoms with Crippen LogP contribution in [0.3, 0.4) is 0 Å². The van der Waals surface area contributed by atoms with Crippen LogP contribution in [-0.2, 0) is 11.3 Å². The van der Waals surface area contributed by atoms with Crippen molar-refractivity contribution < 1.29 is 4.79 Å². The van der Waals surface area contributed by atoms with Crippen molar-refractivity contribution in [2.75, 3.05) is 0 Å². The molecule has 0 N–H and O–H groups in total. The summed E-state index contributed by atoms with van der Waals surface area (Å²) in [5.41, 5.74) is 3.95. The van der Waals surface area contributed by atoms with Crippen LogP contribution in [0.25, 0.3) is 11.8 Å². The van der Waals surface area contributed by atoms with E-state index in [0.29, 0.717) is 6.54 Å². The van der Waals surface area contributed by atoms with Crippen molar-refractivity contribution in [1.82, 2.24) is 4.90 Å². The standard InChI is InChI=1S/C24H21NO/c1-2-24(26)25(19-21-14-8-4-9-15-21)23(22-16-10-5-11-17-22)18-20-12-6-3-7-13-20/h2-18H,1,19H2/b23-18-. The molecule has 26 heavy (non-hydrogen) atoms. The predicted octanol–water partition coefficient (Wildman–Crippen LogP) is 5.40. The molecule has 0 fully saturated rings. The van der Waals surface area contributed by atoms with Gasteiger partial charge in [0.05, 0.1) is 12.2 Å². The Balaban J connectivity index is 2.08. The number of rotatable bonds is 6. The topological polar surface area (TPSA) is 20.3 Å². The fourth-order valence-corrected chi connectivity index (χ4v) is 2.79. The van der Waals surface area contributed by atoms with Crippen LogP contribution in [0.15, 0.2) is 104 Å². The Kier molecular flexibility index (Phi) is 5.79. The lowest BCUT2D eigenvalue weighted by Gasteiger charge is -2.25. The predicted molar refractivity (Wildman–Crippen MR) is 108 cm³/mol. The van der Waals surface area contributed by atoms with Crippen LogP contribution in [0, 0.1) is 0 Å². The van der Waals surface area contributed by atoms with Crippen molar-refractivity contribution in [1.29, 1.82) is 0 Å². The first-order valence-corrected chi connectivity index (χ1v) is 8.58.